The zero-order valence-electron chi connectivity index (χ0n) is 33.5. The van der Waals surface area contributed by atoms with Crippen molar-refractivity contribution in [1.82, 2.24) is 24.8 Å². The number of hydrogen-bond donors (Lipinski definition) is 3. The molecule has 3 fully saturated rings. The van der Waals surface area contributed by atoms with Crippen molar-refractivity contribution < 1.29 is 51.0 Å². The summed E-state index contributed by atoms with van der Waals surface area (Å²) in [6.45, 7) is 9.24. The number of benzene rings is 1. The van der Waals surface area contributed by atoms with Gasteiger partial charge in [0.25, 0.3) is 12.3 Å². The Morgan fingerprint density at radius 2 is 1.88 bits per heavy atom. The van der Waals surface area contributed by atoms with Gasteiger partial charge < -0.3 is 24.8 Å². The van der Waals surface area contributed by atoms with Crippen LogP contribution in [0, 0.1) is 17.8 Å². The number of rotatable bonds is 9. The number of ether oxygens (including phenoxy) is 2. The lowest BCUT2D eigenvalue weighted by atomic mass is 9.85. The topological polar surface area (TPSA) is 185 Å². The summed E-state index contributed by atoms with van der Waals surface area (Å²) in [6, 6.07) is 3.73. The average Bonchev–Trinajstić information content (AvgIpc) is 4.00. The molecule has 1 saturated heterocycles. The first-order valence-corrected chi connectivity index (χ1v) is 21.5. The van der Waals surface area contributed by atoms with Crippen LogP contribution in [0.1, 0.15) is 86.5 Å². The number of carbonyl (C=O) groups excluding carboxylic acids is 3. The zero-order chi connectivity index (χ0) is 42.5. The first kappa shape index (κ1) is 43.3. The minimum Gasteiger partial charge on any atom is -0.472 e. The van der Waals surface area contributed by atoms with E-state index >= 15 is 4.79 Å². The van der Waals surface area contributed by atoms with Crippen molar-refractivity contribution in [3.05, 3.63) is 41.4 Å². The molecule has 0 radical (unpaired) electrons. The second-order valence-corrected chi connectivity index (χ2v) is 20.1. The van der Waals surface area contributed by atoms with Crippen LogP contribution in [0.3, 0.4) is 0 Å². The SMILES string of the molecule is C[C@H]1CC/C=C\[C@@H]2C[C@@]2(C(=O)NS(=O)(=O)C2(C)CC2)NC(=O)[C@@H]2C[C@@H](Oc3nc(OCC(F)F)cc4c(Cl)cccc34)CN2C(=O)[C@@H](N(C(=O)O)C(C)(C)C)[C@H](C)C1. The van der Waals surface area contributed by atoms with Crippen LogP contribution in [-0.4, -0.2) is 106 Å². The lowest BCUT2D eigenvalue weighted by molar-refractivity contribution is -0.146. The van der Waals surface area contributed by atoms with Gasteiger partial charge in [-0.05, 0) is 90.2 Å². The van der Waals surface area contributed by atoms with Crippen LogP contribution in [0.2, 0.25) is 5.02 Å². The van der Waals surface area contributed by atoms with Gasteiger partial charge in [-0.1, -0.05) is 43.7 Å². The summed E-state index contributed by atoms with van der Waals surface area (Å²) in [7, 11) is -4.07. The Morgan fingerprint density at radius 1 is 1.17 bits per heavy atom. The summed E-state index contributed by atoms with van der Waals surface area (Å²) >= 11 is 6.48. The molecule has 3 heterocycles. The highest BCUT2D eigenvalue weighted by Gasteiger charge is 2.63. The van der Waals surface area contributed by atoms with E-state index in [0.29, 0.717) is 42.9 Å². The highest BCUT2D eigenvalue weighted by molar-refractivity contribution is 7.91. The number of nitrogens with zero attached hydrogens (tertiary/aromatic N) is 3. The maximum atomic E-state index is 15.1. The minimum atomic E-state index is -4.07. The van der Waals surface area contributed by atoms with Crippen molar-refractivity contribution in [2.75, 3.05) is 13.2 Å². The average molecular weight is 852 g/mol. The van der Waals surface area contributed by atoms with E-state index in [1.54, 1.807) is 45.9 Å². The van der Waals surface area contributed by atoms with Gasteiger partial charge in [0, 0.05) is 39.7 Å². The molecule has 14 nitrogen and oxygen atoms in total. The Bertz CT molecular complexity index is 2100. The van der Waals surface area contributed by atoms with Crippen molar-refractivity contribution in [3.63, 3.8) is 0 Å². The number of allylic oxidation sites excluding steroid dienone is 1. The van der Waals surface area contributed by atoms with E-state index in [4.69, 9.17) is 21.1 Å². The van der Waals surface area contributed by atoms with Gasteiger partial charge in [-0.25, -0.2) is 22.0 Å². The Morgan fingerprint density at radius 3 is 2.52 bits per heavy atom. The van der Waals surface area contributed by atoms with Crippen LogP contribution in [-0.2, 0) is 24.4 Å². The molecular formula is C40H52ClF2N5O9S. The van der Waals surface area contributed by atoms with Gasteiger partial charge in [0.1, 0.15) is 23.7 Å². The second-order valence-electron chi connectivity index (χ2n) is 17.5. The van der Waals surface area contributed by atoms with Crippen LogP contribution in [0.15, 0.2) is 36.4 Å². The summed E-state index contributed by atoms with van der Waals surface area (Å²) in [6.07, 6.45) is 1.12. The lowest BCUT2D eigenvalue weighted by Crippen LogP contribution is -2.62. The lowest BCUT2D eigenvalue weighted by Gasteiger charge is -2.43. The molecule has 0 unspecified atom stereocenters. The fraction of sp³-hybridized carbons (Fsp3) is 0.625. The maximum Gasteiger partial charge on any atom is 0.408 e. The molecule has 7 atom stereocenters. The predicted octanol–water partition coefficient (Wildman–Crippen LogP) is 5.91. The van der Waals surface area contributed by atoms with Gasteiger partial charge in [-0.2, -0.15) is 4.98 Å². The molecule has 3 N–H and O–H groups in total. The summed E-state index contributed by atoms with van der Waals surface area (Å²) in [5, 5.41) is 14.5. The predicted molar refractivity (Wildman–Crippen MR) is 211 cm³/mol. The van der Waals surface area contributed by atoms with E-state index in [9.17, 15) is 36.7 Å². The van der Waals surface area contributed by atoms with E-state index in [1.165, 1.54) is 11.0 Å². The molecule has 1 aromatic heterocycles. The van der Waals surface area contributed by atoms with Gasteiger partial charge in [-0.15, -0.1) is 0 Å². The number of halogens is 3. The minimum absolute atomic E-state index is 0.0448. The number of sulfonamides is 1. The van der Waals surface area contributed by atoms with Crippen LogP contribution in [0.4, 0.5) is 13.6 Å². The second kappa shape index (κ2) is 16.1. The highest BCUT2D eigenvalue weighted by Crippen LogP contribution is 2.48. The molecule has 4 aliphatic rings. The maximum absolute atomic E-state index is 15.1. The van der Waals surface area contributed by atoms with Gasteiger partial charge in [0.2, 0.25) is 33.6 Å². The molecule has 58 heavy (non-hydrogen) atoms. The number of pyridine rings is 1. The molecule has 2 aliphatic heterocycles. The summed E-state index contributed by atoms with van der Waals surface area (Å²) in [5.74, 6) is -3.55. The molecule has 2 aliphatic carbocycles. The molecule has 18 heteroatoms. The third-order valence-corrected chi connectivity index (χ3v) is 14.3. The molecule has 0 spiro atoms. The molecule has 2 saturated carbocycles. The van der Waals surface area contributed by atoms with Gasteiger partial charge in [0.05, 0.1) is 11.3 Å². The molecule has 6 rings (SSSR count). The normalized spacial score (nSPS) is 29.3. The smallest absolute Gasteiger partial charge is 0.408 e. The Hall–Kier alpha value is -4.25. The standard InChI is InChI=1S/C40H52ClF2N5O9S/c1-22-10-7-8-11-24-19-40(24,36(51)46-58(54,55)39(6)14-15-39)45-33(49)29-17-25(20-47(29)35(50)32(23(2)16-22)48(37(52)53)38(3,4)5)57-34-26-12-9-13-28(41)27(26)18-31(44-34)56-21-30(42)43/h8-9,11-13,18,22-25,29-30,32H,7,10,14-17,19-21H2,1-6H3,(H,45,49)(H,46,51)(H,52,53)/b11-8-/t22-,23+,24+,25+,29-,32-,40+/m0/s1. The third-order valence-electron chi connectivity index (χ3n) is 11.8. The van der Waals surface area contributed by atoms with Crippen molar-refractivity contribution in [2.24, 2.45) is 17.8 Å². The Kier molecular flexibility index (Phi) is 12.0. The van der Waals surface area contributed by atoms with E-state index in [2.05, 4.69) is 15.0 Å². The molecule has 1 aromatic carbocycles. The molecule has 0 bridgehead atoms. The largest absolute Gasteiger partial charge is 0.472 e. The first-order chi connectivity index (χ1) is 27.1. The molecule has 2 aromatic rings. The Balaban J connectivity index is 1.41. The molecular weight excluding hydrogens is 800 g/mol. The fourth-order valence-corrected chi connectivity index (χ4v) is 9.76. The van der Waals surface area contributed by atoms with Crippen molar-refractivity contribution in [3.8, 4) is 11.8 Å². The summed E-state index contributed by atoms with van der Waals surface area (Å²) < 4.78 is 65.5. The zero-order valence-corrected chi connectivity index (χ0v) is 35.0. The number of hydrogen-bond acceptors (Lipinski definition) is 9. The quantitative estimate of drug-likeness (QED) is 0.256. The van der Waals surface area contributed by atoms with Crippen molar-refractivity contribution >= 4 is 56.2 Å². The molecule has 318 valence electrons. The number of alkyl halides is 2. The first-order valence-electron chi connectivity index (χ1n) is 19.6. The van der Waals surface area contributed by atoms with E-state index in [0.717, 1.165) is 4.90 Å². The van der Waals surface area contributed by atoms with E-state index < -0.39 is 92.7 Å². The van der Waals surface area contributed by atoms with Gasteiger partial charge in [0.15, 0.2) is 6.61 Å². The van der Waals surface area contributed by atoms with E-state index in [-0.39, 0.29) is 42.1 Å². The highest BCUT2D eigenvalue weighted by atomic mass is 35.5. The van der Waals surface area contributed by atoms with Crippen molar-refractivity contribution in [1.29, 1.82) is 0 Å². The molecule has 4 amide bonds. The number of aromatic nitrogens is 1. The number of carbonyl (C=O) groups is 4. The monoisotopic (exact) mass is 851 g/mol. The fourth-order valence-electron chi connectivity index (χ4n) is 8.22. The van der Waals surface area contributed by atoms with Gasteiger partial charge >= 0.3 is 6.09 Å². The van der Waals surface area contributed by atoms with Crippen LogP contribution < -0.4 is 19.5 Å². The number of fused-ring (bicyclic) bond motifs is 3. The Labute approximate surface area is 342 Å². The summed E-state index contributed by atoms with van der Waals surface area (Å²) in [4.78, 5) is 63.4. The van der Waals surface area contributed by atoms with Crippen LogP contribution in [0.25, 0.3) is 10.8 Å². The van der Waals surface area contributed by atoms with E-state index in [1.807, 2.05) is 26.0 Å². The number of carboxylic acid groups (broad SMARTS) is 1. The van der Waals surface area contributed by atoms with Crippen molar-refractivity contribution in [2.45, 2.75) is 127 Å². The van der Waals surface area contributed by atoms with Crippen LogP contribution in [0.5, 0.6) is 11.8 Å². The summed E-state index contributed by atoms with van der Waals surface area (Å²) in [5.41, 5.74) is -2.68. The van der Waals surface area contributed by atoms with Gasteiger partial charge in [-0.3, -0.25) is 24.0 Å². The number of amides is 4. The number of nitrogens with one attached hydrogen (secondary N) is 2. The van der Waals surface area contributed by atoms with Crippen LogP contribution >= 0.6 is 11.6 Å². The third kappa shape index (κ3) is 8.85.